The molecule has 1 aromatic rings. The first-order valence-electron chi connectivity index (χ1n) is 6.77. The Morgan fingerprint density at radius 2 is 2.06 bits per heavy atom. The summed E-state index contributed by atoms with van der Waals surface area (Å²) in [6.07, 6.45) is 5.11. The minimum atomic E-state index is 0.111. The van der Waals surface area contributed by atoms with Crippen molar-refractivity contribution in [3.63, 3.8) is 0 Å². The average molecular weight is 246 g/mol. The Kier molecular flexibility index (Phi) is 4.24. The number of rotatable bonds is 3. The zero-order valence-electron chi connectivity index (χ0n) is 11.0. The van der Waals surface area contributed by atoms with E-state index in [1.807, 2.05) is 24.3 Å². The van der Waals surface area contributed by atoms with Gasteiger partial charge in [-0.05, 0) is 49.3 Å². The summed E-state index contributed by atoms with van der Waals surface area (Å²) in [6.45, 7) is 2.28. The highest BCUT2D eigenvalue weighted by atomic mass is 16.1. The summed E-state index contributed by atoms with van der Waals surface area (Å²) in [5.41, 5.74) is 7.40. The standard InChI is InChI=1S/C15H22N2O/c1-11-5-7-14(8-6-11)17-15(18)10-12-3-2-4-13(16)9-12/h2-4,9,11,14H,5-8,10,16H2,1H3,(H,17,18). The molecular weight excluding hydrogens is 224 g/mol. The van der Waals surface area contributed by atoms with Crippen LogP contribution in [-0.2, 0) is 11.2 Å². The van der Waals surface area contributed by atoms with Crippen LogP contribution in [0.25, 0.3) is 0 Å². The van der Waals surface area contributed by atoms with Crippen LogP contribution >= 0.6 is 0 Å². The van der Waals surface area contributed by atoms with Gasteiger partial charge in [0.25, 0.3) is 0 Å². The van der Waals surface area contributed by atoms with E-state index < -0.39 is 0 Å². The van der Waals surface area contributed by atoms with Crippen molar-refractivity contribution < 1.29 is 4.79 Å². The van der Waals surface area contributed by atoms with Crippen LogP contribution in [0.1, 0.15) is 38.2 Å². The third-order valence-corrected chi connectivity index (χ3v) is 3.70. The molecule has 1 fully saturated rings. The molecule has 1 aromatic carbocycles. The third kappa shape index (κ3) is 3.76. The maximum atomic E-state index is 11.9. The Balaban J connectivity index is 1.82. The zero-order chi connectivity index (χ0) is 13.0. The summed E-state index contributed by atoms with van der Waals surface area (Å²) >= 11 is 0. The van der Waals surface area contributed by atoms with E-state index in [1.165, 1.54) is 12.8 Å². The van der Waals surface area contributed by atoms with Gasteiger partial charge in [-0.2, -0.15) is 0 Å². The normalized spacial score (nSPS) is 23.6. The second kappa shape index (κ2) is 5.89. The first kappa shape index (κ1) is 12.9. The van der Waals surface area contributed by atoms with E-state index in [4.69, 9.17) is 5.73 Å². The van der Waals surface area contributed by atoms with Gasteiger partial charge in [0.15, 0.2) is 0 Å². The van der Waals surface area contributed by atoms with Crippen LogP contribution in [-0.4, -0.2) is 11.9 Å². The van der Waals surface area contributed by atoms with Gasteiger partial charge >= 0.3 is 0 Å². The molecule has 2 rings (SSSR count). The minimum Gasteiger partial charge on any atom is -0.399 e. The molecule has 0 unspecified atom stereocenters. The Morgan fingerprint density at radius 3 is 2.72 bits per heavy atom. The fourth-order valence-corrected chi connectivity index (χ4v) is 2.57. The molecule has 1 amide bonds. The minimum absolute atomic E-state index is 0.111. The van der Waals surface area contributed by atoms with Crippen LogP contribution < -0.4 is 11.1 Å². The molecule has 1 aliphatic carbocycles. The smallest absolute Gasteiger partial charge is 0.224 e. The summed E-state index contributed by atoms with van der Waals surface area (Å²) in [4.78, 5) is 11.9. The topological polar surface area (TPSA) is 55.1 Å². The lowest BCUT2D eigenvalue weighted by atomic mass is 9.87. The lowest BCUT2D eigenvalue weighted by molar-refractivity contribution is -0.121. The average Bonchev–Trinajstić information content (AvgIpc) is 2.32. The van der Waals surface area contributed by atoms with Gasteiger partial charge in [-0.1, -0.05) is 19.1 Å². The number of carbonyl (C=O) groups is 1. The third-order valence-electron chi connectivity index (χ3n) is 3.70. The van der Waals surface area contributed by atoms with Gasteiger partial charge in [-0.15, -0.1) is 0 Å². The fraction of sp³-hybridized carbons (Fsp3) is 0.533. The van der Waals surface area contributed by atoms with Crippen molar-refractivity contribution in [2.24, 2.45) is 5.92 Å². The highest BCUT2D eigenvalue weighted by Crippen LogP contribution is 2.23. The summed E-state index contributed by atoms with van der Waals surface area (Å²) in [7, 11) is 0. The van der Waals surface area contributed by atoms with Crippen molar-refractivity contribution in [1.82, 2.24) is 5.32 Å². The molecule has 0 aliphatic heterocycles. The van der Waals surface area contributed by atoms with Crippen molar-refractivity contribution in [2.45, 2.75) is 45.1 Å². The molecular formula is C15H22N2O. The van der Waals surface area contributed by atoms with Crippen LogP contribution in [0.15, 0.2) is 24.3 Å². The summed E-state index contributed by atoms with van der Waals surface area (Å²) < 4.78 is 0. The maximum Gasteiger partial charge on any atom is 0.224 e. The number of amides is 1. The highest BCUT2D eigenvalue weighted by Gasteiger charge is 2.19. The van der Waals surface area contributed by atoms with Crippen LogP contribution in [0.3, 0.4) is 0 Å². The van der Waals surface area contributed by atoms with Crippen molar-refractivity contribution in [3.8, 4) is 0 Å². The molecule has 1 aliphatic rings. The van der Waals surface area contributed by atoms with E-state index in [-0.39, 0.29) is 5.91 Å². The van der Waals surface area contributed by atoms with Gasteiger partial charge in [-0.25, -0.2) is 0 Å². The maximum absolute atomic E-state index is 11.9. The number of hydrogen-bond donors (Lipinski definition) is 2. The van der Waals surface area contributed by atoms with E-state index in [2.05, 4.69) is 12.2 Å². The lowest BCUT2D eigenvalue weighted by Gasteiger charge is -2.26. The summed E-state index contributed by atoms with van der Waals surface area (Å²) in [5.74, 6) is 0.923. The molecule has 0 radical (unpaired) electrons. The molecule has 0 heterocycles. The molecule has 18 heavy (non-hydrogen) atoms. The van der Waals surface area contributed by atoms with Gasteiger partial charge in [0, 0.05) is 11.7 Å². The molecule has 98 valence electrons. The summed E-state index contributed by atoms with van der Waals surface area (Å²) in [6, 6.07) is 7.90. The predicted molar refractivity (Wildman–Crippen MR) is 74.1 cm³/mol. The van der Waals surface area contributed by atoms with Crippen LogP contribution in [0.4, 0.5) is 5.69 Å². The van der Waals surface area contributed by atoms with Crippen molar-refractivity contribution in [1.29, 1.82) is 0 Å². The van der Waals surface area contributed by atoms with Crippen molar-refractivity contribution >= 4 is 11.6 Å². The molecule has 0 spiro atoms. The SMILES string of the molecule is CC1CCC(NC(=O)Cc2cccc(N)c2)CC1. The van der Waals surface area contributed by atoms with E-state index in [0.29, 0.717) is 18.2 Å². The van der Waals surface area contributed by atoms with E-state index >= 15 is 0 Å². The monoisotopic (exact) mass is 246 g/mol. The number of benzene rings is 1. The number of carbonyl (C=O) groups excluding carboxylic acids is 1. The van der Waals surface area contributed by atoms with Crippen LogP contribution in [0.2, 0.25) is 0 Å². The number of hydrogen-bond acceptors (Lipinski definition) is 2. The molecule has 3 heteroatoms. The first-order valence-corrected chi connectivity index (χ1v) is 6.77. The zero-order valence-corrected chi connectivity index (χ0v) is 11.0. The molecule has 1 saturated carbocycles. The Bertz CT molecular complexity index is 409. The van der Waals surface area contributed by atoms with Gasteiger partial charge < -0.3 is 11.1 Å². The van der Waals surface area contributed by atoms with Crippen LogP contribution in [0, 0.1) is 5.92 Å². The second-order valence-corrected chi connectivity index (χ2v) is 5.45. The Labute approximate surface area is 109 Å². The quantitative estimate of drug-likeness (QED) is 0.805. The van der Waals surface area contributed by atoms with Gasteiger partial charge in [0.1, 0.15) is 0 Å². The van der Waals surface area contributed by atoms with E-state index in [9.17, 15) is 4.79 Å². The highest BCUT2D eigenvalue weighted by molar-refractivity contribution is 5.79. The molecule has 0 atom stereocenters. The number of anilines is 1. The number of nitrogen functional groups attached to an aromatic ring is 1. The number of nitrogens with two attached hydrogens (primary N) is 1. The molecule has 3 N–H and O–H groups in total. The van der Waals surface area contributed by atoms with E-state index in [1.54, 1.807) is 0 Å². The first-order chi connectivity index (χ1) is 8.63. The van der Waals surface area contributed by atoms with E-state index in [0.717, 1.165) is 24.3 Å². The Morgan fingerprint density at radius 1 is 1.33 bits per heavy atom. The number of nitrogens with one attached hydrogen (secondary N) is 1. The van der Waals surface area contributed by atoms with Crippen LogP contribution in [0.5, 0.6) is 0 Å². The van der Waals surface area contributed by atoms with Gasteiger partial charge in [0.05, 0.1) is 6.42 Å². The molecule has 0 bridgehead atoms. The largest absolute Gasteiger partial charge is 0.399 e. The molecule has 0 saturated heterocycles. The lowest BCUT2D eigenvalue weighted by Crippen LogP contribution is -2.38. The Hall–Kier alpha value is -1.51. The molecule has 3 nitrogen and oxygen atoms in total. The fourth-order valence-electron chi connectivity index (χ4n) is 2.57. The summed E-state index contributed by atoms with van der Waals surface area (Å²) in [5, 5.41) is 3.13. The van der Waals surface area contributed by atoms with Gasteiger partial charge in [0.2, 0.25) is 5.91 Å². The van der Waals surface area contributed by atoms with Crippen molar-refractivity contribution in [2.75, 3.05) is 5.73 Å². The van der Waals surface area contributed by atoms with Crippen molar-refractivity contribution in [3.05, 3.63) is 29.8 Å². The second-order valence-electron chi connectivity index (χ2n) is 5.45. The van der Waals surface area contributed by atoms with Gasteiger partial charge in [-0.3, -0.25) is 4.79 Å². The predicted octanol–water partition coefficient (Wildman–Crippen LogP) is 2.51. The molecule has 0 aromatic heterocycles.